The van der Waals surface area contributed by atoms with Gasteiger partial charge in [0.05, 0.1) is 5.69 Å². The Morgan fingerprint density at radius 2 is 2.16 bits per heavy atom. The Hall–Kier alpha value is -1.08. The summed E-state index contributed by atoms with van der Waals surface area (Å²) in [4.78, 5) is 0.173. The van der Waals surface area contributed by atoms with Gasteiger partial charge in [-0.2, -0.15) is 9.40 Å². The number of nitrogen functional groups attached to an aromatic ring is 1. The van der Waals surface area contributed by atoms with Crippen molar-refractivity contribution in [1.29, 1.82) is 0 Å². The van der Waals surface area contributed by atoms with Gasteiger partial charge in [-0.25, -0.2) is 8.42 Å². The average molecular weight is 286 g/mol. The lowest BCUT2D eigenvalue weighted by Gasteiger charge is -2.31. The molecular weight excluding hydrogens is 264 g/mol. The summed E-state index contributed by atoms with van der Waals surface area (Å²) in [6, 6.07) is 0. The van der Waals surface area contributed by atoms with Gasteiger partial charge in [-0.3, -0.25) is 4.68 Å². The van der Waals surface area contributed by atoms with E-state index in [0.717, 1.165) is 19.3 Å². The van der Waals surface area contributed by atoms with E-state index in [2.05, 4.69) is 12.0 Å². The van der Waals surface area contributed by atoms with Crippen LogP contribution in [0.2, 0.25) is 0 Å². The Labute approximate surface area is 114 Å². The average Bonchev–Trinajstić information content (AvgIpc) is 2.63. The highest BCUT2D eigenvalue weighted by molar-refractivity contribution is 7.89. The van der Waals surface area contributed by atoms with Crippen molar-refractivity contribution < 1.29 is 8.42 Å². The lowest BCUT2D eigenvalue weighted by Crippen LogP contribution is -2.40. The highest BCUT2D eigenvalue weighted by atomic mass is 32.2. The van der Waals surface area contributed by atoms with Crippen molar-refractivity contribution in [3.8, 4) is 0 Å². The van der Waals surface area contributed by atoms with Gasteiger partial charge in [0.2, 0.25) is 10.0 Å². The fourth-order valence-electron chi connectivity index (χ4n) is 2.64. The van der Waals surface area contributed by atoms with Crippen molar-refractivity contribution >= 4 is 15.8 Å². The highest BCUT2D eigenvalue weighted by Gasteiger charge is 2.34. The minimum Gasteiger partial charge on any atom is -0.381 e. The third kappa shape index (κ3) is 2.49. The minimum atomic E-state index is -3.52. The van der Waals surface area contributed by atoms with Crippen LogP contribution in [0.15, 0.2) is 4.90 Å². The molecule has 0 aliphatic carbocycles. The predicted molar refractivity (Wildman–Crippen MR) is 74.1 cm³/mol. The predicted octanol–water partition coefficient (Wildman–Crippen LogP) is 1.12. The summed E-state index contributed by atoms with van der Waals surface area (Å²) in [5, 5.41) is 4.00. The van der Waals surface area contributed by atoms with Crippen LogP contribution >= 0.6 is 0 Å². The van der Waals surface area contributed by atoms with Gasteiger partial charge in [-0.05, 0) is 25.7 Å². The van der Waals surface area contributed by atoms with E-state index in [1.165, 1.54) is 4.68 Å². The Balaban J connectivity index is 2.37. The van der Waals surface area contributed by atoms with E-state index in [9.17, 15) is 8.42 Å². The van der Waals surface area contributed by atoms with Crippen molar-refractivity contribution in [2.45, 2.75) is 38.0 Å². The molecule has 2 heterocycles. The first-order chi connectivity index (χ1) is 8.87. The van der Waals surface area contributed by atoms with Crippen LogP contribution in [-0.4, -0.2) is 35.6 Å². The number of aryl methyl sites for hydroxylation is 1. The number of sulfonamides is 1. The Kier molecular flexibility index (Phi) is 3.87. The first-order valence-corrected chi connectivity index (χ1v) is 8.11. The number of nitrogens with two attached hydrogens (primary N) is 1. The zero-order valence-electron chi connectivity index (χ0n) is 11.8. The number of piperidine rings is 1. The van der Waals surface area contributed by atoms with E-state index in [1.807, 2.05) is 0 Å². The van der Waals surface area contributed by atoms with E-state index in [-0.39, 0.29) is 10.7 Å². The molecule has 1 unspecified atom stereocenters. The lowest BCUT2D eigenvalue weighted by atomic mass is 9.97. The van der Waals surface area contributed by atoms with Crippen LogP contribution in [0.1, 0.15) is 31.9 Å². The fraction of sp³-hybridized carbons (Fsp3) is 0.750. The second kappa shape index (κ2) is 5.13. The minimum absolute atomic E-state index is 0.0959. The van der Waals surface area contributed by atoms with Gasteiger partial charge < -0.3 is 5.73 Å². The van der Waals surface area contributed by atoms with E-state index in [0.29, 0.717) is 24.7 Å². The standard InChI is InChI=1S/C12H22N4O2S/c1-4-10-6-5-7-16(8-10)19(17,18)11-9(2)15(3)14-12(11)13/h10H,4-8H2,1-3H3,(H2,13,14). The van der Waals surface area contributed by atoms with Crippen molar-refractivity contribution in [3.05, 3.63) is 5.69 Å². The Morgan fingerprint density at radius 3 is 2.68 bits per heavy atom. The summed E-state index contributed by atoms with van der Waals surface area (Å²) in [7, 11) is -1.82. The van der Waals surface area contributed by atoms with Gasteiger partial charge in [0, 0.05) is 20.1 Å². The molecule has 2 N–H and O–H groups in total. The second-order valence-electron chi connectivity index (χ2n) is 5.20. The van der Waals surface area contributed by atoms with Crippen LogP contribution in [-0.2, 0) is 17.1 Å². The molecule has 0 spiro atoms. The molecule has 6 nitrogen and oxygen atoms in total. The molecule has 0 radical (unpaired) electrons. The largest absolute Gasteiger partial charge is 0.381 e. The van der Waals surface area contributed by atoms with E-state index in [1.54, 1.807) is 18.3 Å². The molecule has 1 aliphatic rings. The summed E-state index contributed by atoms with van der Waals surface area (Å²) in [6.45, 7) is 5.00. The zero-order chi connectivity index (χ0) is 14.2. The molecule has 1 aromatic heterocycles. The first-order valence-electron chi connectivity index (χ1n) is 6.67. The van der Waals surface area contributed by atoms with Gasteiger partial charge in [-0.15, -0.1) is 0 Å². The van der Waals surface area contributed by atoms with Crippen LogP contribution in [0.4, 0.5) is 5.82 Å². The molecule has 0 bridgehead atoms. The van der Waals surface area contributed by atoms with E-state index in [4.69, 9.17) is 5.73 Å². The maximum absolute atomic E-state index is 12.7. The molecular formula is C12H22N4O2S. The molecule has 1 aliphatic heterocycles. The van der Waals surface area contributed by atoms with Crippen LogP contribution in [0.5, 0.6) is 0 Å². The zero-order valence-corrected chi connectivity index (χ0v) is 12.6. The molecule has 1 fully saturated rings. The number of aromatic nitrogens is 2. The van der Waals surface area contributed by atoms with Crippen LogP contribution in [0.25, 0.3) is 0 Å². The fourth-order valence-corrected chi connectivity index (χ4v) is 4.49. The third-order valence-corrected chi connectivity index (χ3v) is 5.99. The summed E-state index contributed by atoms with van der Waals surface area (Å²) in [5.74, 6) is 0.542. The van der Waals surface area contributed by atoms with Crippen molar-refractivity contribution in [2.75, 3.05) is 18.8 Å². The second-order valence-corrected chi connectivity index (χ2v) is 7.08. The van der Waals surface area contributed by atoms with Gasteiger partial charge in [-0.1, -0.05) is 13.3 Å². The molecule has 1 atom stereocenters. The third-order valence-electron chi connectivity index (χ3n) is 3.96. The van der Waals surface area contributed by atoms with Gasteiger partial charge in [0.1, 0.15) is 4.90 Å². The normalized spacial score (nSPS) is 21.7. The van der Waals surface area contributed by atoms with Crippen molar-refractivity contribution in [2.24, 2.45) is 13.0 Å². The molecule has 7 heteroatoms. The van der Waals surface area contributed by atoms with Gasteiger partial charge in [0.15, 0.2) is 5.82 Å². The van der Waals surface area contributed by atoms with Gasteiger partial charge in [0.25, 0.3) is 0 Å². The quantitative estimate of drug-likeness (QED) is 0.903. The summed E-state index contributed by atoms with van der Waals surface area (Å²) >= 11 is 0. The first kappa shape index (κ1) is 14.3. The monoisotopic (exact) mass is 286 g/mol. The molecule has 1 saturated heterocycles. The number of rotatable bonds is 3. The summed E-state index contributed by atoms with van der Waals surface area (Å²) < 4.78 is 28.5. The van der Waals surface area contributed by atoms with Crippen LogP contribution < -0.4 is 5.73 Å². The van der Waals surface area contributed by atoms with Crippen molar-refractivity contribution in [1.82, 2.24) is 14.1 Å². The maximum Gasteiger partial charge on any atom is 0.248 e. The molecule has 0 aromatic carbocycles. The topological polar surface area (TPSA) is 81.2 Å². The van der Waals surface area contributed by atoms with Crippen LogP contribution in [0, 0.1) is 12.8 Å². The molecule has 0 amide bonds. The lowest BCUT2D eigenvalue weighted by molar-refractivity contribution is 0.261. The SMILES string of the molecule is CCC1CCCN(S(=O)(=O)c2c(N)nn(C)c2C)C1. The molecule has 0 saturated carbocycles. The summed E-state index contributed by atoms with van der Waals surface area (Å²) in [6.07, 6.45) is 3.02. The molecule has 2 rings (SSSR count). The number of hydrogen-bond donors (Lipinski definition) is 1. The number of hydrogen-bond acceptors (Lipinski definition) is 4. The van der Waals surface area contributed by atoms with E-state index >= 15 is 0 Å². The number of nitrogens with zero attached hydrogens (tertiary/aromatic N) is 3. The Morgan fingerprint density at radius 1 is 1.47 bits per heavy atom. The van der Waals surface area contributed by atoms with Gasteiger partial charge >= 0.3 is 0 Å². The smallest absolute Gasteiger partial charge is 0.248 e. The Bertz CT molecular complexity index is 565. The van der Waals surface area contributed by atoms with Crippen LogP contribution in [0.3, 0.4) is 0 Å². The van der Waals surface area contributed by atoms with Crippen molar-refractivity contribution in [3.63, 3.8) is 0 Å². The van der Waals surface area contributed by atoms with E-state index < -0.39 is 10.0 Å². The summed E-state index contributed by atoms with van der Waals surface area (Å²) in [5.41, 5.74) is 6.36. The molecule has 1 aromatic rings. The molecule has 19 heavy (non-hydrogen) atoms. The maximum atomic E-state index is 12.7. The number of anilines is 1. The molecule has 108 valence electrons. The highest BCUT2D eigenvalue weighted by Crippen LogP contribution is 2.29.